The molecule has 1 aromatic rings. The van der Waals surface area contributed by atoms with Crippen LogP contribution in [0.1, 0.15) is 18.0 Å². The van der Waals surface area contributed by atoms with Gasteiger partial charge in [0, 0.05) is 13.0 Å². The highest BCUT2D eigenvalue weighted by molar-refractivity contribution is 7.88. The lowest BCUT2D eigenvalue weighted by atomic mass is 10.0. The molecule has 1 atom stereocenters. The van der Waals surface area contributed by atoms with E-state index in [1.54, 1.807) is 37.5 Å². The average Bonchev–Trinajstić information content (AvgIpc) is 2.43. The largest absolute Gasteiger partial charge is 0.497 e. The van der Waals surface area contributed by atoms with E-state index in [9.17, 15) is 13.2 Å². The van der Waals surface area contributed by atoms with Crippen LogP contribution in [0.4, 0.5) is 0 Å². The summed E-state index contributed by atoms with van der Waals surface area (Å²) in [4.78, 5) is 11.8. The molecule has 0 heterocycles. The second-order valence-electron chi connectivity index (χ2n) is 4.51. The Bertz CT molecular complexity index is 581. The maximum atomic E-state index is 11.8. The minimum Gasteiger partial charge on any atom is -0.497 e. The molecule has 0 fully saturated rings. The Morgan fingerprint density at radius 2 is 2.00 bits per heavy atom. The molecule has 0 aliphatic heterocycles. The average molecular weight is 312 g/mol. The third-order valence-electron chi connectivity index (χ3n) is 2.71. The molecular formula is C14H20N2O4S. The van der Waals surface area contributed by atoms with Crippen molar-refractivity contribution in [2.24, 2.45) is 0 Å². The van der Waals surface area contributed by atoms with Crippen LogP contribution in [0.15, 0.2) is 36.9 Å². The molecule has 0 saturated heterocycles. The highest BCUT2D eigenvalue weighted by Crippen LogP contribution is 2.21. The van der Waals surface area contributed by atoms with Crippen LogP contribution in [-0.2, 0) is 14.8 Å². The second kappa shape index (κ2) is 7.80. The quantitative estimate of drug-likeness (QED) is 0.701. The van der Waals surface area contributed by atoms with Crippen LogP contribution >= 0.6 is 0 Å². The van der Waals surface area contributed by atoms with Crippen molar-refractivity contribution in [2.45, 2.75) is 12.5 Å². The van der Waals surface area contributed by atoms with Gasteiger partial charge >= 0.3 is 0 Å². The van der Waals surface area contributed by atoms with Gasteiger partial charge in [0.1, 0.15) is 5.75 Å². The first-order valence-electron chi connectivity index (χ1n) is 6.34. The van der Waals surface area contributed by atoms with E-state index >= 15 is 0 Å². The van der Waals surface area contributed by atoms with Gasteiger partial charge in [-0.05, 0) is 17.7 Å². The van der Waals surface area contributed by atoms with Gasteiger partial charge in [0.05, 0.1) is 19.4 Å². The van der Waals surface area contributed by atoms with E-state index in [4.69, 9.17) is 4.74 Å². The number of amides is 1. The van der Waals surface area contributed by atoms with Crippen LogP contribution in [0.2, 0.25) is 0 Å². The van der Waals surface area contributed by atoms with Gasteiger partial charge in [0.2, 0.25) is 15.9 Å². The summed E-state index contributed by atoms with van der Waals surface area (Å²) >= 11 is 0. The minimum atomic E-state index is -3.43. The first-order valence-corrected chi connectivity index (χ1v) is 8.23. The third-order valence-corrected chi connectivity index (χ3v) is 3.42. The fourth-order valence-corrected chi connectivity index (χ4v) is 2.50. The first kappa shape index (κ1) is 17.2. The topological polar surface area (TPSA) is 84.5 Å². The van der Waals surface area contributed by atoms with Crippen molar-refractivity contribution in [1.29, 1.82) is 0 Å². The van der Waals surface area contributed by atoms with Crippen molar-refractivity contribution >= 4 is 15.9 Å². The fourth-order valence-electron chi connectivity index (χ4n) is 1.77. The molecule has 1 aromatic carbocycles. The molecule has 1 amide bonds. The summed E-state index contributed by atoms with van der Waals surface area (Å²) in [5.74, 6) is 0.403. The molecule has 0 aliphatic rings. The molecule has 6 nitrogen and oxygen atoms in total. The van der Waals surface area contributed by atoms with Crippen LogP contribution in [-0.4, -0.2) is 34.2 Å². The van der Waals surface area contributed by atoms with Gasteiger partial charge in [-0.3, -0.25) is 4.79 Å². The highest BCUT2D eigenvalue weighted by atomic mass is 32.2. The zero-order valence-corrected chi connectivity index (χ0v) is 12.9. The Balaban J connectivity index is 2.89. The smallest absolute Gasteiger partial charge is 0.222 e. The maximum absolute atomic E-state index is 11.8. The van der Waals surface area contributed by atoms with Crippen molar-refractivity contribution in [3.63, 3.8) is 0 Å². The number of rotatable bonds is 8. The van der Waals surface area contributed by atoms with Crippen molar-refractivity contribution in [3.8, 4) is 5.75 Å². The number of ether oxygens (including phenoxy) is 1. The number of sulfonamides is 1. The number of methoxy groups -OCH3 is 1. The Morgan fingerprint density at radius 1 is 1.38 bits per heavy atom. The van der Waals surface area contributed by atoms with Crippen LogP contribution in [0.25, 0.3) is 0 Å². The van der Waals surface area contributed by atoms with Crippen molar-refractivity contribution < 1.29 is 17.9 Å². The Hall–Kier alpha value is -1.86. The normalized spacial score (nSPS) is 12.5. The van der Waals surface area contributed by atoms with E-state index in [-0.39, 0.29) is 12.3 Å². The van der Waals surface area contributed by atoms with Gasteiger partial charge in [-0.1, -0.05) is 18.2 Å². The van der Waals surface area contributed by atoms with E-state index in [1.165, 1.54) is 0 Å². The molecular weight excluding hydrogens is 292 g/mol. The third kappa shape index (κ3) is 6.42. The second-order valence-corrected chi connectivity index (χ2v) is 6.29. The zero-order valence-electron chi connectivity index (χ0n) is 12.1. The van der Waals surface area contributed by atoms with Crippen molar-refractivity contribution in [3.05, 3.63) is 42.5 Å². The minimum absolute atomic E-state index is 0.00718. The highest BCUT2D eigenvalue weighted by Gasteiger charge is 2.19. The molecule has 0 saturated carbocycles. The lowest BCUT2D eigenvalue weighted by Crippen LogP contribution is -2.33. The van der Waals surface area contributed by atoms with E-state index in [2.05, 4.69) is 16.6 Å². The number of hydrogen-bond acceptors (Lipinski definition) is 4. The van der Waals surface area contributed by atoms with E-state index < -0.39 is 16.1 Å². The van der Waals surface area contributed by atoms with Crippen LogP contribution < -0.4 is 14.8 Å². The summed E-state index contributed by atoms with van der Waals surface area (Å²) < 4.78 is 30.4. The lowest BCUT2D eigenvalue weighted by molar-refractivity contribution is -0.121. The van der Waals surface area contributed by atoms with Gasteiger partial charge in [-0.15, -0.1) is 6.58 Å². The molecule has 0 aromatic heterocycles. The summed E-state index contributed by atoms with van der Waals surface area (Å²) in [6.45, 7) is 3.85. The molecule has 0 radical (unpaired) electrons. The first-order chi connectivity index (χ1) is 9.85. The number of nitrogens with one attached hydrogen (secondary N) is 2. The summed E-state index contributed by atoms with van der Waals surface area (Å²) in [5, 5.41) is 2.62. The van der Waals surface area contributed by atoms with Gasteiger partial charge in [-0.2, -0.15) is 0 Å². The SMILES string of the molecule is C=CCNC(=O)CC(NS(C)(=O)=O)c1ccc(OC)cc1. The van der Waals surface area contributed by atoms with Crippen molar-refractivity contribution in [2.75, 3.05) is 19.9 Å². The van der Waals surface area contributed by atoms with Crippen molar-refractivity contribution in [1.82, 2.24) is 10.0 Å². The monoisotopic (exact) mass is 312 g/mol. The molecule has 116 valence electrons. The Morgan fingerprint density at radius 3 is 2.48 bits per heavy atom. The van der Waals surface area contributed by atoms with Gasteiger partial charge in [0.15, 0.2) is 0 Å². The Labute approximate surface area is 125 Å². The predicted molar refractivity (Wildman–Crippen MR) is 81.5 cm³/mol. The summed E-state index contributed by atoms with van der Waals surface area (Å²) in [7, 11) is -1.89. The maximum Gasteiger partial charge on any atom is 0.222 e. The molecule has 1 rings (SSSR count). The zero-order chi connectivity index (χ0) is 15.9. The van der Waals surface area contributed by atoms with Gasteiger partial charge in [0.25, 0.3) is 0 Å². The van der Waals surface area contributed by atoms with E-state index in [0.717, 1.165) is 6.26 Å². The summed E-state index contributed by atoms with van der Waals surface area (Å²) in [5.41, 5.74) is 0.690. The van der Waals surface area contributed by atoms with Crippen LogP contribution in [0.5, 0.6) is 5.75 Å². The molecule has 0 bridgehead atoms. The molecule has 0 spiro atoms. The molecule has 7 heteroatoms. The lowest BCUT2D eigenvalue weighted by Gasteiger charge is -2.18. The predicted octanol–water partition coefficient (Wildman–Crippen LogP) is 0.978. The molecule has 1 unspecified atom stereocenters. The van der Waals surface area contributed by atoms with E-state index in [0.29, 0.717) is 17.9 Å². The molecule has 21 heavy (non-hydrogen) atoms. The van der Waals surface area contributed by atoms with E-state index in [1.807, 2.05) is 0 Å². The molecule has 2 N–H and O–H groups in total. The van der Waals surface area contributed by atoms with Gasteiger partial charge < -0.3 is 10.1 Å². The molecule has 0 aliphatic carbocycles. The number of hydrogen-bond donors (Lipinski definition) is 2. The number of benzene rings is 1. The van der Waals surface area contributed by atoms with Crippen LogP contribution in [0.3, 0.4) is 0 Å². The summed E-state index contributed by atoms with van der Waals surface area (Å²) in [6, 6.07) is 6.25. The van der Waals surface area contributed by atoms with Crippen LogP contribution in [0, 0.1) is 0 Å². The summed E-state index contributed by atoms with van der Waals surface area (Å²) in [6.07, 6.45) is 2.63. The number of carbonyl (C=O) groups is 1. The van der Waals surface area contributed by atoms with Gasteiger partial charge in [-0.25, -0.2) is 13.1 Å². The standard InChI is InChI=1S/C14H20N2O4S/c1-4-9-15-14(17)10-13(16-21(3,18)19)11-5-7-12(20-2)8-6-11/h4-8,13,16H,1,9-10H2,2-3H3,(H,15,17). The number of carbonyl (C=O) groups excluding carboxylic acids is 1. The Kier molecular flexibility index (Phi) is 6.39. The fraction of sp³-hybridized carbons (Fsp3) is 0.357.